The van der Waals surface area contributed by atoms with E-state index in [0.29, 0.717) is 16.4 Å². The van der Waals surface area contributed by atoms with Crippen LogP contribution in [-0.2, 0) is 0 Å². The standard InChI is InChI=1S/C17H11ClN4OS/c18-12-4-2-9(17(20)23)5-11(12)8-1-3-10-13(6-8)24-15-14(10)21-7-22-16(15)19/h1-7H,(H2,20,23)(H2,19,21,22). The van der Waals surface area contributed by atoms with E-state index in [-0.39, 0.29) is 0 Å². The SMILES string of the molecule is NC(=O)c1ccc(Cl)c(-c2ccc3c(c2)sc2c(N)ncnc23)c1. The van der Waals surface area contributed by atoms with E-state index in [9.17, 15) is 4.79 Å². The first-order chi connectivity index (χ1) is 11.5. The van der Waals surface area contributed by atoms with Gasteiger partial charge in [0.25, 0.3) is 0 Å². The number of nitrogens with zero attached hydrogens (tertiary/aromatic N) is 2. The number of halogens is 1. The van der Waals surface area contributed by atoms with Crippen molar-refractivity contribution < 1.29 is 4.79 Å². The number of thiophene rings is 1. The van der Waals surface area contributed by atoms with Gasteiger partial charge < -0.3 is 11.5 Å². The molecule has 118 valence electrons. The molecule has 7 heteroatoms. The van der Waals surface area contributed by atoms with Crippen LogP contribution in [0.1, 0.15) is 10.4 Å². The Morgan fingerprint density at radius 1 is 1.12 bits per heavy atom. The van der Waals surface area contributed by atoms with Gasteiger partial charge in [-0.05, 0) is 29.8 Å². The molecule has 0 saturated carbocycles. The summed E-state index contributed by atoms with van der Waals surface area (Å²) in [5.74, 6) is -0.0181. The molecule has 4 rings (SSSR count). The molecule has 4 N–H and O–H groups in total. The maximum absolute atomic E-state index is 11.4. The normalized spacial score (nSPS) is 11.2. The molecule has 0 unspecified atom stereocenters. The van der Waals surface area contributed by atoms with Crippen molar-refractivity contribution in [2.45, 2.75) is 0 Å². The van der Waals surface area contributed by atoms with E-state index in [1.54, 1.807) is 18.2 Å². The Morgan fingerprint density at radius 2 is 1.96 bits per heavy atom. The molecule has 2 aromatic carbocycles. The first kappa shape index (κ1) is 14.9. The Hall–Kier alpha value is -2.70. The second kappa shape index (κ2) is 5.43. The van der Waals surface area contributed by atoms with Gasteiger partial charge in [0.15, 0.2) is 0 Å². The predicted molar refractivity (Wildman–Crippen MR) is 98.3 cm³/mol. The van der Waals surface area contributed by atoms with Crippen molar-refractivity contribution in [2.75, 3.05) is 5.73 Å². The second-order valence-corrected chi connectivity index (χ2v) is 6.77. The van der Waals surface area contributed by atoms with Crippen molar-refractivity contribution in [2.24, 2.45) is 5.73 Å². The molecule has 0 fully saturated rings. The highest BCUT2D eigenvalue weighted by molar-refractivity contribution is 7.26. The first-order valence-electron chi connectivity index (χ1n) is 7.07. The summed E-state index contributed by atoms with van der Waals surface area (Å²) in [6.07, 6.45) is 1.46. The van der Waals surface area contributed by atoms with Crippen molar-refractivity contribution in [3.05, 3.63) is 53.3 Å². The van der Waals surface area contributed by atoms with Gasteiger partial charge in [0.1, 0.15) is 12.1 Å². The summed E-state index contributed by atoms with van der Waals surface area (Å²) in [5, 5.41) is 1.56. The largest absolute Gasteiger partial charge is 0.382 e. The fourth-order valence-corrected chi connectivity index (χ4v) is 3.98. The molecule has 24 heavy (non-hydrogen) atoms. The summed E-state index contributed by atoms with van der Waals surface area (Å²) in [7, 11) is 0. The lowest BCUT2D eigenvalue weighted by Gasteiger charge is -2.06. The van der Waals surface area contributed by atoms with Gasteiger partial charge in [-0.2, -0.15) is 0 Å². The molecule has 0 saturated heterocycles. The molecule has 2 heterocycles. The van der Waals surface area contributed by atoms with Crippen molar-refractivity contribution in [1.29, 1.82) is 0 Å². The summed E-state index contributed by atoms with van der Waals surface area (Å²) >= 11 is 7.83. The van der Waals surface area contributed by atoms with Gasteiger partial charge in [-0.25, -0.2) is 9.97 Å². The third kappa shape index (κ3) is 2.28. The molecular formula is C17H11ClN4OS. The monoisotopic (exact) mass is 354 g/mol. The third-order valence-corrected chi connectivity index (χ3v) is 5.34. The minimum Gasteiger partial charge on any atom is -0.382 e. The molecular weight excluding hydrogens is 344 g/mol. The number of hydrogen-bond acceptors (Lipinski definition) is 5. The quantitative estimate of drug-likeness (QED) is 0.571. The average molecular weight is 355 g/mol. The van der Waals surface area contributed by atoms with Crippen LogP contribution in [0.3, 0.4) is 0 Å². The van der Waals surface area contributed by atoms with Crippen LogP contribution in [0.25, 0.3) is 31.4 Å². The molecule has 1 amide bonds. The van der Waals surface area contributed by atoms with E-state index in [1.165, 1.54) is 17.7 Å². The molecule has 5 nitrogen and oxygen atoms in total. The van der Waals surface area contributed by atoms with Gasteiger partial charge in [-0.1, -0.05) is 23.7 Å². The molecule has 0 radical (unpaired) electrons. The van der Waals surface area contributed by atoms with Crippen LogP contribution >= 0.6 is 22.9 Å². The Balaban J connectivity index is 1.95. The van der Waals surface area contributed by atoms with E-state index in [0.717, 1.165) is 31.4 Å². The topological polar surface area (TPSA) is 94.9 Å². The van der Waals surface area contributed by atoms with Crippen LogP contribution in [0.15, 0.2) is 42.7 Å². The number of primary amides is 1. The van der Waals surface area contributed by atoms with Gasteiger partial charge in [-0.3, -0.25) is 4.79 Å². The number of carbonyl (C=O) groups excluding carboxylic acids is 1. The number of aromatic nitrogens is 2. The minimum atomic E-state index is -0.487. The Bertz CT molecular complexity index is 1120. The third-order valence-electron chi connectivity index (χ3n) is 3.84. The van der Waals surface area contributed by atoms with Gasteiger partial charge >= 0.3 is 0 Å². The molecule has 0 bridgehead atoms. The highest BCUT2D eigenvalue weighted by atomic mass is 35.5. The number of nitrogen functional groups attached to an aromatic ring is 1. The maximum atomic E-state index is 11.4. The molecule has 0 aliphatic rings. The average Bonchev–Trinajstić information content (AvgIpc) is 2.94. The summed E-state index contributed by atoms with van der Waals surface area (Å²) in [6, 6.07) is 10.9. The number of amides is 1. The van der Waals surface area contributed by atoms with E-state index < -0.39 is 5.91 Å². The van der Waals surface area contributed by atoms with E-state index in [2.05, 4.69) is 9.97 Å². The summed E-state index contributed by atoms with van der Waals surface area (Å²) in [5.41, 5.74) is 14.2. The lowest BCUT2D eigenvalue weighted by Crippen LogP contribution is -2.10. The lowest BCUT2D eigenvalue weighted by atomic mass is 10.0. The van der Waals surface area contributed by atoms with Crippen molar-refractivity contribution >= 4 is 55.0 Å². The van der Waals surface area contributed by atoms with Crippen LogP contribution in [0.4, 0.5) is 5.82 Å². The van der Waals surface area contributed by atoms with E-state index >= 15 is 0 Å². The summed E-state index contributed by atoms with van der Waals surface area (Å²) < 4.78 is 1.89. The van der Waals surface area contributed by atoms with Crippen LogP contribution in [0, 0.1) is 0 Å². The zero-order valence-electron chi connectivity index (χ0n) is 12.3. The highest BCUT2D eigenvalue weighted by Gasteiger charge is 2.13. The smallest absolute Gasteiger partial charge is 0.248 e. The molecule has 2 aromatic heterocycles. The van der Waals surface area contributed by atoms with Crippen LogP contribution in [0.5, 0.6) is 0 Å². The second-order valence-electron chi connectivity index (χ2n) is 5.31. The zero-order chi connectivity index (χ0) is 16.8. The van der Waals surface area contributed by atoms with Crippen molar-refractivity contribution in [1.82, 2.24) is 9.97 Å². The fraction of sp³-hybridized carbons (Fsp3) is 0. The number of benzene rings is 2. The van der Waals surface area contributed by atoms with E-state index in [4.69, 9.17) is 23.1 Å². The van der Waals surface area contributed by atoms with Crippen LogP contribution in [0.2, 0.25) is 5.02 Å². The number of fused-ring (bicyclic) bond motifs is 3. The van der Waals surface area contributed by atoms with Crippen LogP contribution in [-0.4, -0.2) is 15.9 Å². The summed E-state index contributed by atoms with van der Waals surface area (Å²) in [4.78, 5) is 19.8. The Morgan fingerprint density at radius 3 is 2.75 bits per heavy atom. The predicted octanol–water partition coefficient (Wildman–Crippen LogP) is 3.85. The van der Waals surface area contributed by atoms with Gasteiger partial charge in [0.2, 0.25) is 5.91 Å². The molecule has 0 aliphatic carbocycles. The maximum Gasteiger partial charge on any atom is 0.248 e. The zero-order valence-corrected chi connectivity index (χ0v) is 13.9. The minimum absolute atomic E-state index is 0.418. The van der Waals surface area contributed by atoms with Crippen molar-refractivity contribution in [3.8, 4) is 11.1 Å². The lowest BCUT2D eigenvalue weighted by molar-refractivity contribution is 0.100. The molecule has 4 aromatic rings. The first-order valence-corrected chi connectivity index (χ1v) is 8.26. The summed E-state index contributed by atoms with van der Waals surface area (Å²) in [6.45, 7) is 0. The number of anilines is 1. The van der Waals surface area contributed by atoms with E-state index in [1.807, 2.05) is 18.2 Å². The highest BCUT2D eigenvalue weighted by Crippen LogP contribution is 2.38. The fourth-order valence-electron chi connectivity index (χ4n) is 2.66. The molecule has 0 aliphatic heterocycles. The van der Waals surface area contributed by atoms with Crippen LogP contribution < -0.4 is 11.5 Å². The number of carbonyl (C=O) groups is 1. The number of nitrogens with two attached hydrogens (primary N) is 2. The molecule has 0 spiro atoms. The Kier molecular flexibility index (Phi) is 3.37. The van der Waals surface area contributed by atoms with Gasteiger partial charge in [0, 0.05) is 26.2 Å². The van der Waals surface area contributed by atoms with Crippen molar-refractivity contribution in [3.63, 3.8) is 0 Å². The number of rotatable bonds is 2. The Labute approximate surface area is 145 Å². The molecule has 0 atom stereocenters. The van der Waals surface area contributed by atoms with Gasteiger partial charge in [0.05, 0.1) is 10.2 Å². The van der Waals surface area contributed by atoms with Gasteiger partial charge in [-0.15, -0.1) is 11.3 Å². The number of hydrogen-bond donors (Lipinski definition) is 2.